The standard InChI is InChI=1S/C14H11ClN4O/c15-9-4-5-10(11(16)6-9)14(20)18-12-3-1-2-8-7-17-19-13(8)12/h1-7H,16H2,(H,17,19)(H,18,20). The van der Waals surface area contributed by atoms with Gasteiger partial charge in [0.2, 0.25) is 0 Å². The highest BCUT2D eigenvalue weighted by Crippen LogP contribution is 2.23. The fourth-order valence-corrected chi connectivity index (χ4v) is 2.18. The van der Waals surface area contributed by atoms with Gasteiger partial charge in [-0.3, -0.25) is 9.89 Å². The molecule has 0 spiro atoms. The number of nitrogens with zero attached hydrogens (tertiary/aromatic N) is 1. The lowest BCUT2D eigenvalue weighted by atomic mass is 10.1. The van der Waals surface area contributed by atoms with Crippen molar-refractivity contribution in [2.24, 2.45) is 0 Å². The van der Waals surface area contributed by atoms with Crippen LogP contribution in [0.1, 0.15) is 10.4 Å². The molecule has 1 aromatic heterocycles. The summed E-state index contributed by atoms with van der Waals surface area (Å²) in [7, 11) is 0. The number of benzene rings is 2. The summed E-state index contributed by atoms with van der Waals surface area (Å²) >= 11 is 5.82. The third-order valence-corrected chi connectivity index (χ3v) is 3.22. The van der Waals surface area contributed by atoms with Crippen LogP contribution in [0.3, 0.4) is 0 Å². The second-order valence-electron chi connectivity index (χ2n) is 4.33. The Hall–Kier alpha value is -2.53. The Morgan fingerprint density at radius 1 is 1.30 bits per heavy atom. The molecule has 3 rings (SSSR count). The van der Waals surface area contributed by atoms with Gasteiger partial charge in [0.25, 0.3) is 5.91 Å². The Morgan fingerprint density at radius 2 is 2.15 bits per heavy atom. The minimum absolute atomic E-state index is 0.290. The van der Waals surface area contributed by atoms with Gasteiger partial charge in [-0.05, 0) is 24.3 Å². The van der Waals surface area contributed by atoms with Gasteiger partial charge < -0.3 is 11.1 Å². The Balaban J connectivity index is 1.94. The van der Waals surface area contributed by atoms with Crippen LogP contribution in [0, 0.1) is 0 Å². The molecule has 5 nitrogen and oxygen atoms in total. The zero-order chi connectivity index (χ0) is 14.1. The van der Waals surface area contributed by atoms with Crippen LogP contribution in [-0.2, 0) is 0 Å². The number of rotatable bonds is 2. The SMILES string of the molecule is Nc1cc(Cl)ccc1C(=O)Nc1cccc2cn[nH]c12. The highest BCUT2D eigenvalue weighted by molar-refractivity contribution is 6.31. The third kappa shape index (κ3) is 2.19. The predicted octanol–water partition coefficient (Wildman–Crippen LogP) is 3.05. The van der Waals surface area contributed by atoms with Gasteiger partial charge >= 0.3 is 0 Å². The second kappa shape index (κ2) is 4.86. The van der Waals surface area contributed by atoms with E-state index in [1.165, 1.54) is 0 Å². The monoisotopic (exact) mass is 286 g/mol. The number of carbonyl (C=O) groups is 1. The minimum atomic E-state index is -0.290. The van der Waals surface area contributed by atoms with Crippen molar-refractivity contribution in [2.75, 3.05) is 11.1 Å². The molecule has 1 amide bonds. The molecule has 0 bridgehead atoms. The van der Waals surface area contributed by atoms with Gasteiger partial charge in [-0.15, -0.1) is 0 Å². The zero-order valence-electron chi connectivity index (χ0n) is 10.4. The zero-order valence-corrected chi connectivity index (χ0v) is 11.1. The summed E-state index contributed by atoms with van der Waals surface area (Å²) < 4.78 is 0. The number of carbonyl (C=O) groups excluding carboxylic acids is 1. The first-order valence-corrected chi connectivity index (χ1v) is 6.31. The maximum Gasteiger partial charge on any atom is 0.257 e. The van der Waals surface area contributed by atoms with Crippen LogP contribution < -0.4 is 11.1 Å². The van der Waals surface area contributed by atoms with E-state index in [0.29, 0.717) is 22.0 Å². The van der Waals surface area contributed by atoms with Crippen molar-refractivity contribution in [3.05, 3.63) is 53.2 Å². The molecule has 0 fully saturated rings. The van der Waals surface area contributed by atoms with Crippen molar-refractivity contribution >= 4 is 39.8 Å². The van der Waals surface area contributed by atoms with Crippen LogP contribution in [0.15, 0.2) is 42.6 Å². The summed E-state index contributed by atoms with van der Waals surface area (Å²) in [5, 5.41) is 11.0. The van der Waals surface area contributed by atoms with Gasteiger partial charge in [0.05, 0.1) is 23.0 Å². The molecule has 0 aliphatic heterocycles. The maximum atomic E-state index is 12.2. The van der Waals surface area contributed by atoms with E-state index in [0.717, 1.165) is 10.9 Å². The van der Waals surface area contributed by atoms with Gasteiger partial charge in [-0.2, -0.15) is 5.10 Å². The number of aromatic nitrogens is 2. The van der Waals surface area contributed by atoms with Crippen LogP contribution in [-0.4, -0.2) is 16.1 Å². The number of nitrogens with two attached hydrogens (primary N) is 1. The number of para-hydroxylation sites is 1. The molecule has 0 saturated carbocycles. The Morgan fingerprint density at radius 3 is 2.95 bits per heavy atom. The van der Waals surface area contributed by atoms with Crippen LogP contribution in [0.2, 0.25) is 5.02 Å². The predicted molar refractivity (Wildman–Crippen MR) is 79.9 cm³/mol. The van der Waals surface area contributed by atoms with Crippen molar-refractivity contribution in [1.29, 1.82) is 0 Å². The number of amides is 1. The molecular formula is C14H11ClN4O. The average Bonchev–Trinajstić information content (AvgIpc) is 2.87. The molecule has 0 aliphatic rings. The number of halogens is 1. The van der Waals surface area contributed by atoms with Crippen LogP contribution in [0.25, 0.3) is 10.9 Å². The number of hydrogen-bond donors (Lipinski definition) is 3. The molecule has 0 radical (unpaired) electrons. The molecule has 20 heavy (non-hydrogen) atoms. The molecule has 3 aromatic rings. The lowest BCUT2D eigenvalue weighted by molar-refractivity contribution is 0.102. The fourth-order valence-electron chi connectivity index (χ4n) is 2.00. The van der Waals surface area contributed by atoms with Gasteiger partial charge in [0.15, 0.2) is 0 Å². The van der Waals surface area contributed by atoms with E-state index in [9.17, 15) is 4.79 Å². The highest BCUT2D eigenvalue weighted by Gasteiger charge is 2.12. The van der Waals surface area contributed by atoms with Crippen molar-refractivity contribution in [2.45, 2.75) is 0 Å². The first-order valence-electron chi connectivity index (χ1n) is 5.93. The molecule has 1 heterocycles. The summed E-state index contributed by atoms with van der Waals surface area (Å²) in [4.78, 5) is 12.2. The van der Waals surface area contributed by atoms with E-state index in [2.05, 4.69) is 15.5 Å². The van der Waals surface area contributed by atoms with Crippen molar-refractivity contribution in [1.82, 2.24) is 10.2 Å². The van der Waals surface area contributed by atoms with Gasteiger partial charge in [-0.25, -0.2) is 0 Å². The first-order chi connectivity index (χ1) is 9.65. The summed E-state index contributed by atoms with van der Waals surface area (Å²) in [5.41, 5.74) is 7.95. The molecule has 0 aliphatic carbocycles. The lowest BCUT2D eigenvalue weighted by Gasteiger charge is -2.08. The van der Waals surface area contributed by atoms with Gasteiger partial charge in [0, 0.05) is 16.1 Å². The van der Waals surface area contributed by atoms with Crippen LogP contribution in [0.4, 0.5) is 11.4 Å². The van der Waals surface area contributed by atoms with Gasteiger partial charge in [0.1, 0.15) is 0 Å². The smallest absolute Gasteiger partial charge is 0.257 e. The number of anilines is 2. The third-order valence-electron chi connectivity index (χ3n) is 2.98. The Bertz CT molecular complexity index is 797. The number of nitrogen functional groups attached to an aromatic ring is 1. The molecular weight excluding hydrogens is 276 g/mol. The van der Waals surface area contributed by atoms with E-state index in [1.807, 2.05) is 12.1 Å². The highest BCUT2D eigenvalue weighted by atomic mass is 35.5. The van der Waals surface area contributed by atoms with Crippen LogP contribution >= 0.6 is 11.6 Å². The van der Waals surface area contributed by atoms with E-state index < -0.39 is 0 Å². The molecule has 0 unspecified atom stereocenters. The fraction of sp³-hybridized carbons (Fsp3) is 0. The maximum absolute atomic E-state index is 12.2. The Labute approximate surface area is 119 Å². The Kier molecular flexibility index (Phi) is 3.04. The van der Waals surface area contributed by atoms with E-state index in [4.69, 9.17) is 17.3 Å². The number of aromatic amines is 1. The van der Waals surface area contributed by atoms with E-state index >= 15 is 0 Å². The summed E-state index contributed by atoms with van der Waals surface area (Å²) in [6.45, 7) is 0. The van der Waals surface area contributed by atoms with E-state index in [-0.39, 0.29) is 5.91 Å². The molecule has 4 N–H and O–H groups in total. The molecule has 0 saturated heterocycles. The lowest BCUT2D eigenvalue weighted by Crippen LogP contribution is -2.14. The first kappa shape index (κ1) is 12.5. The number of H-pyrrole nitrogens is 1. The van der Waals surface area contributed by atoms with Crippen LogP contribution in [0.5, 0.6) is 0 Å². The second-order valence-corrected chi connectivity index (χ2v) is 4.76. The molecule has 6 heteroatoms. The topological polar surface area (TPSA) is 83.8 Å². The van der Waals surface area contributed by atoms with Crippen molar-refractivity contribution in [3.8, 4) is 0 Å². The number of fused-ring (bicyclic) bond motifs is 1. The van der Waals surface area contributed by atoms with E-state index in [1.54, 1.807) is 30.5 Å². The van der Waals surface area contributed by atoms with Crippen molar-refractivity contribution in [3.63, 3.8) is 0 Å². The minimum Gasteiger partial charge on any atom is -0.398 e. The normalized spacial score (nSPS) is 10.7. The summed E-state index contributed by atoms with van der Waals surface area (Å²) in [5.74, 6) is -0.290. The largest absolute Gasteiger partial charge is 0.398 e. The summed E-state index contributed by atoms with van der Waals surface area (Å²) in [6.07, 6.45) is 1.70. The molecule has 0 atom stereocenters. The molecule has 100 valence electrons. The van der Waals surface area contributed by atoms with Crippen molar-refractivity contribution < 1.29 is 4.79 Å². The number of hydrogen-bond acceptors (Lipinski definition) is 3. The van der Waals surface area contributed by atoms with Gasteiger partial charge in [-0.1, -0.05) is 23.7 Å². The summed E-state index contributed by atoms with van der Waals surface area (Å²) in [6, 6.07) is 10.3. The molecule has 2 aromatic carbocycles. The quantitative estimate of drug-likeness (QED) is 0.633. The number of nitrogens with one attached hydrogen (secondary N) is 2. The average molecular weight is 287 g/mol.